The molecule has 9 heteroatoms. The van der Waals surface area contributed by atoms with Crippen LogP contribution in [0.3, 0.4) is 0 Å². The van der Waals surface area contributed by atoms with Gasteiger partial charge in [0.15, 0.2) is 0 Å². The Morgan fingerprint density at radius 2 is 1.81 bits per heavy atom. The minimum Gasteiger partial charge on any atom is -0.456 e. The van der Waals surface area contributed by atoms with Gasteiger partial charge >= 0.3 is 5.97 Å². The molecule has 0 amide bonds. The summed E-state index contributed by atoms with van der Waals surface area (Å²) in [5, 5.41) is 1.95. The highest BCUT2D eigenvalue weighted by Crippen LogP contribution is 2.29. The largest absolute Gasteiger partial charge is 0.456 e. The summed E-state index contributed by atoms with van der Waals surface area (Å²) in [6, 6.07) is 6.70. The number of hydrogen-bond acceptors (Lipinski definition) is 7. The van der Waals surface area contributed by atoms with Gasteiger partial charge in [0.05, 0.1) is 33.6 Å². The van der Waals surface area contributed by atoms with E-state index in [0.717, 1.165) is 11.8 Å². The van der Waals surface area contributed by atoms with Crippen LogP contribution in [0.4, 0.5) is 11.4 Å². The van der Waals surface area contributed by atoms with Crippen LogP contribution in [0.5, 0.6) is 0 Å². The summed E-state index contributed by atoms with van der Waals surface area (Å²) < 4.78 is 11.0. The number of halogens is 2. The number of esters is 1. The van der Waals surface area contributed by atoms with E-state index < -0.39 is 11.6 Å². The molecule has 32 heavy (non-hydrogen) atoms. The topological polar surface area (TPSA) is 108 Å². The van der Waals surface area contributed by atoms with Crippen molar-refractivity contribution in [2.75, 3.05) is 23.9 Å². The SMILES string of the molecule is Cc1c(C=O)ccc(N(N)CCCOCc2cc(Cl)c(C(=O)OC(C)(C)C)c(Cl)c2)c1N. The molecule has 0 aliphatic carbocycles. The molecular weight excluding hydrogens is 453 g/mol. The highest BCUT2D eigenvalue weighted by Gasteiger charge is 2.23. The summed E-state index contributed by atoms with van der Waals surface area (Å²) in [5.74, 6) is 5.54. The summed E-state index contributed by atoms with van der Waals surface area (Å²) in [6.07, 6.45) is 1.41. The first-order chi connectivity index (χ1) is 14.9. The number of carbonyl (C=O) groups excluding carboxylic acids is 2. The molecule has 0 bridgehead atoms. The van der Waals surface area contributed by atoms with Gasteiger partial charge in [0.1, 0.15) is 11.9 Å². The van der Waals surface area contributed by atoms with Crippen molar-refractivity contribution in [3.63, 3.8) is 0 Å². The average Bonchev–Trinajstić information content (AvgIpc) is 2.67. The third kappa shape index (κ3) is 6.84. The molecule has 4 N–H and O–H groups in total. The fraction of sp³-hybridized carbons (Fsp3) is 0.391. The van der Waals surface area contributed by atoms with Crippen LogP contribution in [-0.4, -0.2) is 31.0 Å². The Balaban J connectivity index is 1.89. The number of hydrazine groups is 1. The van der Waals surface area contributed by atoms with Gasteiger partial charge in [0.2, 0.25) is 0 Å². The Morgan fingerprint density at radius 1 is 1.19 bits per heavy atom. The van der Waals surface area contributed by atoms with E-state index in [4.69, 9.17) is 44.3 Å². The maximum atomic E-state index is 12.3. The fourth-order valence-electron chi connectivity index (χ4n) is 2.99. The number of nitrogen functional groups attached to an aromatic ring is 1. The molecular formula is C23H29Cl2N3O4. The summed E-state index contributed by atoms with van der Waals surface area (Å²) in [5.41, 5.74) is 8.69. The Bertz CT molecular complexity index is 967. The van der Waals surface area contributed by atoms with Gasteiger partial charge in [0.25, 0.3) is 0 Å². The van der Waals surface area contributed by atoms with Crippen LogP contribution in [0, 0.1) is 6.92 Å². The molecule has 0 spiro atoms. The molecule has 2 rings (SSSR count). The van der Waals surface area contributed by atoms with Gasteiger partial charge in [-0.15, -0.1) is 0 Å². The van der Waals surface area contributed by atoms with Crippen molar-refractivity contribution in [1.82, 2.24) is 0 Å². The molecule has 0 aromatic heterocycles. The lowest BCUT2D eigenvalue weighted by Gasteiger charge is -2.22. The van der Waals surface area contributed by atoms with E-state index in [0.29, 0.717) is 42.1 Å². The van der Waals surface area contributed by atoms with Crippen LogP contribution >= 0.6 is 23.2 Å². The van der Waals surface area contributed by atoms with Gasteiger partial charge in [-0.05, 0) is 69.5 Å². The first-order valence-corrected chi connectivity index (χ1v) is 10.9. The molecule has 2 aromatic rings. The average molecular weight is 482 g/mol. The maximum Gasteiger partial charge on any atom is 0.341 e. The Labute approximate surface area is 198 Å². The number of nitrogens with two attached hydrogens (primary N) is 2. The predicted octanol–water partition coefficient (Wildman–Crippen LogP) is 4.94. The highest BCUT2D eigenvalue weighted by molar-refractivity contribution is 6.39. The Hall–Kier alpha value is -2.32. The standard InChI is InChI=1S/C23H29Cl2N3O4/c1-14-16(12-29)6-7-19(21(14)26)28(27)8-5-9-31-13-15-10-17(24)20(18(25)11-15)22(30)32-23(2,3)4/h6-7,10-12H,5,8-9,13,26-27H2,1-4H3. The number of ether oxygens (including phenoxy) is 2. The van der Waals surface area contributed by atoms with E-state index in [1.54, 1.807) is 52.0 Å². The number of aldehydes is 1. The summed E-state index contributed by atoms with van der Waals surface area (Å²) in [6.45, 7) is 8.30. The van der Waals surface area contributed by atoms with Crippen molar-refractivity contribution in [3.8, 4) is 0 Å². The molecule has 0 aliphatic rings. The Morgan fingerprint density at radius 3 is 2.38 bits per heavy atom. The van der Waals surface area contributed by atoms with Gasteiger partial charge in [-0.3, -0.25) is 4.79 Å². The first kappa shape index (κ1) is 25.9. The van der Waals surface area contributed by atoms with Crippen molar-refractivity contribution in [3.05, 3.63) is 56.6 Å². The van der Waals surface area contributed by atoms with Crippen LogP contribution in [-0.2, 0) is 16.1 Å². The number of nitrogens with zero attached hydrogens (tertiary/aromatic N) is 1. The van der Waals surface area contributed by atoms with Crippen LogP contribution in [0.2, 0.25) is 10.0 Å². The molecule has 0 atom stereocenters. The second-order valence-electron chi connectivity index (χ2n) is 8.37. The molecule has 0 saturated heterocycles. The molecule has 0 saturated carbocycles. The lowest BCUT2D eigenvalue weighted by Crippen LogP contribution is -2.33. The molecule has 0 heterocycles. The second-order valence-corrected chi connectivity index (χ2v) is 9.18. The van der Waals surface area contributed by atoms with Crippen molar-refractivity contribution < 1.29 is 19.1 Å². The summed E-state index contributed by atoms with van der Waals surface area (Å²) in [4.78, 5) is 23.3. The van der Waals surface area contributed by atoms with Gasteiger partial charge < -0.3 is 20.2 Å². The lowest BCUT2D eigenvalue weighted by molar-refractivity contribution is 0.00697. The van der Waals surface area contributed by atoms with Gasteiger partial charge in [0, 0.05) is 18.7 Å². The van der Waals surface area contributed by atoms with Crippen LogP contribution in [0.25, 0.3) is 0 Å². The van der Waals surface area contributed by atoms with E-state index >= 15 is 0 Å². The molecule has 7 nitrogen and oxygen atoms in total. The zero-order valence-electron chi connectivity index (χ0n) is 18.7. The quantitative estimate of drug-likeness (QED) is 0.130. The van der Waals surface area contributed by atoms with Crippen LogP contribution < -0.4 is 16.6 Å². The van der Waals surface area contributed by atoms with Crippen molar-refractivity contribution in [2.45, 2.75) is 46.3 Å². The first-order valence-electron chi connectivity index (χ1n) is 10.1. The minimum atomic E-state index is -0.651. The van der Waals surface area contributed by atoms with Crippen LogP contribution in [0.15, 0.2) is 24.3 Å². The van der Waals surface area contributed by atoms with E-state index in [9.17, 15) is 9.59 Å². The Kier molecular flexibility index (Phi) is 8.92. The number of anilines is 2. The molecule has 174 valence electrons. The van der Waals surface area contributed by atoms with Crippen molar-refractivity contribution >= 4 is 46.8 Å². The number of rotatable bonds is 9. The fourth-order valence-corrected chi connectivity index (χ4v) is 3.68. The zero-order chi connectivity index (χ0) is 24.1. The summed E-state index contributed by atoms with van der Waals surface area (Å²) >= 11 is 12.5. The number of benzene rings is 2. The molecule has 2 aromatic carbocycles. The van der Waals surface area contributed by atoms with Gasteiger partial charge in [-0.2, -0.15) is 0 Å². The maximum absolute atomic E-state index is 12.3. The van der Waals surface area contributed by atoms with E-state index in [2.05, 4.69) is 0 Å². The smallest absolute Gasteiger partial charge is 0.341 e. The number of carbonyl (C=O) groups is 2. The zero-order valence-corrected chi connectivity index (χ0v) is 20.2. The van der Waals surface area contributed by atoms with Crippen molar-refractivity contribution in [1.29, 1.82) is 0 Å². The molecule has 0 fully saturated rings. The van der Waals surface area contributed by atoms with Gasteiger partial charge in [-0.25, -0.2) is 10.6 Å². The van der Waals surface area contributed by atoms with Crippen molar-refractivity contribution in [2.24, 2.45) is 5.84 Å². The molecule has 0 radical (unpaired) electrons. The summed E-state index contributed by atoms with van der Waals surface area (Å²) in [7, 11) is 0. The van der Waals surface area contributed by atoms with E-state index in [-0.39, 0.29) is 22.2 Å². The molecule has 0 unspecified atom stereocenters. The highest BCUT2D eigenvalue weighted by atomic mass is 35.5. The third-order valence-electron chi connectivity index (χ3n) is 4.63. The lowest BCUT2D eigenvalue weighted by atomic mass is 10.1. The predicted molar refractivity (Wildman–Crippen MR) is 128 cm³/mol. The minimum absolute atomic E-state index is 0.138. The second kappa shape index (κ2) is 11.0. The monoisotopic (exact) mass is 481 g/mol. The normalized spacial score (nSPS) is 11.3. The van der Waals surface area contributed by atoms with E-state index in [1.807, 2.05) is 0 Å². The van der Waals surface area contributed by atoms with Gasteiger partial charge in [-0.1, -0.05) is 23.2 Å². The van der Waals surface area contributed by atoms with E-state index in [1.165, 1.54) is 5.01 Å². The number of hydrogen-bond donors (Lipinski definition) is 2. The third-order valence-corrected chi connectivity index (χ3v) is 5.23. The molecule has 0 aliphatic heterocycles. The van der Waals surface area contributed by atoms with Crippen LogP contribution in [0.1, 0.15) is 59.0 Å².